The third kappa shape index (κ3) is 4.42. The van der Waals surface area contributed by atoms with Crippen LogP contribution in [0.5, 0.6) is 11.6 Å². The molecule has 2 aromatic rings. The van der Waals surface area contributed by atoms with Gasteiger partial charge in [0, 0.05) is 6.07 Å². The van der Waals surface area contributed by atoms with Gasteiger partial charge >= 0.3 is 5.97 Å². The van der Waals surface area contributed by atoms with Crippen molar-refractivity contribution >= 4 is 5.97 Å². The minimum atomic E-state index is -0.751. The van der Waals surface area contributed by atoms with Gasteiger partial charge in [0.15, 0.2) is 0 Å². The first-order valence-corrected chi connectivity index (χ1v) is 10.6. The van der Waals surface area contributed by atoms with Gasteiger partial charge in [-0.1, -0.05) is 19.1 Å². The summed E-state index contributed by atoms with van der Waals surface area (Å²) in [7, 11) is 1.53. The quantitative estimate of drug-likeness (QED) is 0.625. The number of carboxylic acid groups (broad SMARTS) is 1. The number of pyridine rings is 1. The fraction of sp³-hybridized carbons (Fsp3) is 0.500. The zero-order chi connectivity index (χ0) is 21.3. The standard InChI is InChI=1S/C24H28FNO4/c1-14(24(27)28)23(16-6-7-16)17-4-3-5-19(10-17)30-13-15-8-18(9-15)20-11-22(29-2)26-12-21(20)25/h3-5,10-12,14-16,18,23H,6-9,13H2,1-2H3,(H,27,28)/t14-,15?,18?,23-/m0/s1. The highest BCUT2D eigenvalue weighted by molar-refractivity contribution is 5.71. The van der Waals surface area contributed by atoms with Crippen LogP contribution in [0.15, 0.2) is 36.5 Å². The number of hydrogen-bond acceptors (Lipinski definition) is 4. The van der Waals surface area contributed by atoms with Gasteiger partial charge in [-0.15, -0.1) is 0 Å². The molecule has 1 N–H and O–H groups in total. The van der Waals surface area contributed by atoms with Crippen LogP contribution < -0.4 is 9.47 Å². The highest BCUT2D eigenvalue weighted by atomic mass is 19.1. The number of aromatic nitrogens is 1. The van der Waals surface area contributed by atoms with E-state index in [9.17, 15) is 14.3 Å². The Morgan fingerprint density at radius 2 is 2.07 bits per heavy atom. The van der Waals surface area contributed by atoms with Crippen LogP contribution in [0.2, 0.25) is 0 Å². The molecule has 0 aliphatic heterocycles. The van der Waals surface area contributed by atoms with E-state index in [1.165, 1.54) is 13.3 Å². The van der Waals surface area contributed by atoms with Crippen molar-refractivity contribution in [2.45, 2.75) is 44.4 Å². The van der Waals surface area contributed by atoms with Crippen molar-refractivity contribution in [3.8, 4) is 11.6 Å². The topological polar surface area (TPSA) is 68.7 Å². The molecule has 5 nitrogen and oxygen atoms in total. The molecular weight excluding hydrogens is 385 g/mol. The molecule has 0 radical (unpaired) electrons. The second-order valence-corrected chi connectivity index (χ2v) is 8.66. The second kappa shape index (κ2) is 8.62. The Hall–Kier alpha value is -2.63. The summed E-state index contributed by atoms with van der Waals surface area (Å²) in [6, 6.07) is 9.54. The van der Waals surface area contributed by atoms with Crippen LogP contribution in [-0.2, 0) is 4.79 Å². The Kier molecular flexibility index (Phi) is 5.93. The molecule has 0 bridgehead atoms. The zero-order valence-electron chi connectivity index (χ0n) is 17.4. The minimum absolute atomic E-state index is 0.0313. The van der Waals surface area contributed by atoms with E-state index in [1.807, 2.05) is 24.3 Å². The summed E-state index contributed by atoms with van der Waals surface area (Å²) >= 11 is 0. The number of ether oxygens (including phenoxy) is 2. The van der Waals surface area contributed by atoms with E-state index < -0.39 is 11.9 Å². The van der Waals surface area contributed by atoms with Gasteiger partial charge < -0.3 is 14.6 Å². The van der Waals surface area contributed by atoms with Gasteiger partial charge in [-0.3, -0.25) is 4.79 Å². The molecule has 0 saturated heterocycles. The first kappa shape index (κ1) is 20.6. The van der Waals surface area contributed by atoms with Crippen molar-refractivity contribution in [2.75, 3.05) is 13.7 Å². The molecule has 0 unspecified atom stereocenters. The lowest BCUT2D eigenvalue weighted by Gasteiger charge is -2.35. The molecule has 160 valence electrons. The molecule has 1 aromatic heterocycles. The number of halogens is 1. The molecule has 6 heteroatoms. The predicted octanol–water partition coefficient (Wildman–Crippen LogP) is 5.02. The van der Waals surface area contributed by atoms with Crippen LogP contribution >= 0.6 is 0 Å². The molecule has 1 heterocycles. The van der Waals surface area contributed by atoms with Gasteiger partial charge in [0.2, 0.25) is 5.88 Å². The monoisotopic (exact) mass is 413 g/mol. The van der Waals surface area contributed by atoms with Gasteiger partial charge in [0.1, 0.15) is 11.6 Å². The lowest BCUT2D eigenvalue weighted by atomic mass is 9.72. The Labute approximate surface area is 176 Å². The summed E-state index contributed by atoms with van der Waals surface area (Å²) in [5.41, 5.74) is 1.71. The summed E-state index contributed by atoms with van der Waals surface area (Å²) < 4.78 is 25.2. The summed E-state index contributed by atoms with van der Waals surface area (Å²) in [5.74, 6) is 0.777. The van der Waals surface area contributed by atoms with E-state index in [2.05, 4.69) is 4.98 Å². The maximum absolute atomic E-state index is 14.1. The first-order valence-electron chi connectivity index (χ1n) is 10.6. The summed E-state index contributed by atoms with van der Waals surface area (Å²) in [6.45, 7) is 2.37. The Bertz CT molecular complexity index is 908. The molecule has 2 aliphatic rings. The van der Waals surface area contributed by atoms with E-state index in [4.69, 9.17) is 9.47 Å². The number of benzene rings is 1. The van der Waals surface area contributed by atoms with Crippen molar-refractivity contribution in [3.05, 3.63) is 53.5 Å². The molecule has 4 rings (SSSR count). The van der Waals surface area contributed by atoms with Crippen LogP contribution in [0, 0.1) is 23.6 Å². The number of rotatable bonds is 9. The number of nitrogens with zero attached hydrogens (tertiary/aromatic N) is 1. The van der Waals surface area contributed by atoms with Gasteiger partial charge in [0.25, 0.3) is 0 Å². The van der Waals surface area contributed by atoms with Crippen LogP contribution in [-0.4, -0.2) is 29.8 Å². The second-order valence-electron chi connectivity index (χ2n) is 8.66. The average molecular weight is 413 g/mol. The molecule has 2 atom stereocenters. The minimum Gasteiger partial charge on any atom is -0.493 e. The van der Waals surface area contributed by atoms with E-state index in [-0.39, 0.29) is 17.7 Å². The average Bonchev–Trinajstić information content (AvgIpc) is 3.53. The van der Waals surface area contributed by atoms with Crippen LogP contribution in [0.1, 0.15) is 55.6 Å². The molecule has 0 amide bonds. The van der Waals surface area contributed by atoms with Gasteiger partial charge in [-0.2, -0.15) is 0 Å². The summed E-state index contributed by atoms with van der Waals surface area (Å²) in [5, 5.41) is 9.48. The molecule has 2 aliphatic carbocycles. The predicted molar refractivity (Wildman–Crippen MR) is 110 cm³/mol. The molecule has 2 saturated carbocycles. The van der Waals surface area contributed by atoms with Gasteiger partial charge in [-0.05, 0) is 72.6 Å². The van der Waals surface area contributed by atoms with Gasteiger partial charge in [-0.25, -0.2) is 9.37 Å². The van der Waals surface area contributed by atoms with E-state index >= 15 is 0 Å². The summed E-state index contributed by atoms with van der Waals surface area (Å²) in [4.78, 5) is 15.4. The lowest BCUT2D eigenvalue weighted by molar-refractivity contribution is -0.142. The van der Waals surface area contributed by atoms with Crippen molar-refractivity contribution in [1.29, 1.82) is 0 Å². The van der Waals surface area contributed by atoms with Crippen LogP contribution in [0.3, 0.4) is 0 Å². The Morgan fingerprint density at radius 3 is 2.73 bits per heavy atom. The number of methoxy groups -OCH3 is 1. The molecule has 30 heavy (non-hydrogen) atoms. The van der Waals surface area contributed by atoms with E-state index in [1.54, 1.807) is 13.0 Å². The molecule has 1 aromatic carbocycles. The number of aliphatic carboxylic acids is 1. The first-order chi connectivity index (χ1) is 14.5. The SMILES string of the molecule is COc1cc(C2CC(COc3cccc([C@H](C4CC4)[C@H](C)C(=O)O)c3)C2)c(F)cn1. The molecular formula is C24H28FNO4. The third-order valence-corrected chi connectivity index (χ3v) is 6.53. The number of hydrogen-bond donors (Lipinski definition) is 1. The lowest BCUT2D eigenvalue weighted by Crippen LogP contribution is -2.28. The van der Waals surface area contributed by atoms with Crippen molar-refractivity contribution in [1.82, 2.24) is 4.98 Å². The molecule has 0 spiro atoms. The van der Waals surface area contributed by atoms with Crippen LogP contribution in [0.4, 0.5) is 4.39 Å². The van der Waals surface area contributed by atoms with Crippen LogP contribution in [0.25, 0.3) is 0 Å². The van der Waals surface area contributed by atoms with Crippen molar-refractivity contribution < 1.29 is 23.8 Å². The Morgan fingerprint density at radius 1 is 1.30 bits per heavy atom. The Balaban J connectivity index is 1.34. The summed E-state index contributed by atoms with van der Waals surface area (Å²) in [6.07, 6.45) is 5.13. The van der Waals surface area contributed by atoms with E-state index in [0.717, 1.165) is 37.0 Å². The maximum Gasteiger partial charge on any atom is 0.306 e. The number of carbonyl (C=O) groups is 1. The highest BCUT2D eigenvalue weighted by Gasteiger charge is 2.39. The smallest absolute Gasteiger partial charge is 0.306 e. The third-order valence-electron chi connectivity index (χ3n) is 6.53. The van der Waals surface area contributed by atoms with Crippen molar-refractivity contribution in [3.63, 3.8) is 0 Å². The fourth-order valence-electron chi connectivity index (χ4n) is 4.59. The largest absolute Gasteiger partial charge is 0.493 e. The molecule has 2 fully saturated rings. The fourth-order valence-corrected chi connectivity index (χ4v) is 4.59. The zero-order valence-corrected chi connectivity index (χ0v) is 17.4. The van der Waals surface area contributed by atoms with Gasteiger partial charge in [0.05, 0.1) is 25.8 Å². The maximum atomic E-state index is 14.1. The normalized spacial score (nSPS) is 22.6. The van der Waals surface area contributed by atoms with Crippen molar-refractivity contribution in [2.24, 2.45) is 17.8 Å². The van der Waals surface area contributed by atoms with E-state index in [0.29, 0.717) is 29.9 Å². The highest BCUT2D eigenvalue weighted by Crippen LogP contribution is 2.47. The number of carboxylic acids is 1.